The van der Waals surface area contributed by atoms with Crippen molar-refractivity contribution in [3.63, 3.8) is 0 Å². The van der Waals surface area contributed by atoms with Crippen molar-refractivity contribution in [2.45, 2.75) is 38.5 Å². The molecule has 2 atom stereocenters. The van der Waals surface area contributed by atoms with Gasteiger partial charge in [-0.25, -0.2) is 0 Å². The molecule has 0 aliphatic heterocycles. The maximum Gasteiger partial charge on any atom is 0.320 e. The fourth-order valence-corrected chi connectivity index (χ4v) is 2.27. The Hall–Kier alpha value is -1.38. The predicted octanol–water partition coefficient (Wildman–Crippen LogP) is 2.77. The Morgan fingerprint density at radius 2 is 1.35 bits per heavy atom. The van der Waals surface area contributed by atoms with Gasteiger partial charge in [0.15, 0.2) is 0 Å². The second kappa shape index (κ2) is 5.80. The van der Waals surface area contributed by atoms with E-state index in [1.165, 1.54) is 0 Å². The van der Waals surface area contributed by atoms with Gasteiger partial charge in [-0.15, -0.1) is 0 Å². The molecule has 0 saturated carbocycles. The van der Waals surface area contributed by atoms with Gasteiger partial charge in [0.2, 0.25) is 0 Å². The normalized spacial score (nSPS) is 27.8. The third-order valence-corrected chi connectivity index (χ3v) is 3.32. The zero-order valence-electron chi connectivity index (χ0n) is 9.93. The van der Waals surface area contributed by atoms with Crippen molar-refractivity contribution in [3.8, 4) is 0 Å². The van der Waals surface area contributed by atoms with E-state index in [1.807, 2.05) is 24.3 Å². The van der Waals surface area contributed by atoms with Gasteiger partial charge in [0.25, 0.3) is 0 Å². The highest BCUT2D eigenvalue weighted by atomic mass is 16.6. The van der Waals surface area contributed by atoms with Crippen LogP contribution >= 0.6 is 0 Å². The number of allylic oxidation sites excluding steroid dienone is 2. The van der Waals surface area contributed by atoms with Crippen LogP contribution in [0.2, 0.25) is 0 Å². The lowest BCUT2D eigenvalue weighted by atomic mass is 9.95. The van der Waals surface area contributed by atoms with Crippen LogP contribution in [0, 0.1) is 11.8 Å². The van der Waals surface area contributed by atoms with Crippen molar-refractivity contribution < 1.29 is 14.3 Å². The summed E-state index contributed by atoms with van der Waals surface area (Å²) < 4.78 is 4.95. The highest BCUT2D eigenvalue weighted by Crippen LogP contribution is 2.21. The maximum atomic E-state index is 11.7. The average Bonchev–Trinajstić information content (AvgIpc) is 2.40. The van der Waals surface area contributed by atoms with Crippen LogP contribution in [0.3, 0.4) is 0 Å². The number of ether oxygens (including phenoxy) is 1. The van der Waals surface area contributed by atoms with Crippen molar-refractivity contribution in [1.29, 1.82) is 0 Å². The third-order valence-electron chi connectivity index (χ3n) is 3.32. The summed E-state index contributed by atoms with van der Waals surface area (Å²) in [6.45, 7) is 0. The molecule has 2 unspecified atom stereocenters. The van der Waals surface area contributed by atoms with E-state index >= 15 is 0 Å². The molecule has 0 amide bonds. The van der Waals surface area contributed by atoms with Crippen LogP contribution in [0.25, 0.3) is 0 Å². The first-order valence-electron chi connectivity index (χ1n) is 6.36. The van der Waals surface area contributed by atoms with Crippen LogP contribution in [0.1, 0.15) is 38.5 Å². The van der Waals surface area contributed by atoms with Gasteiger partial charge in [0.05, 0.1) is 11.8 Å². The molecule has 0 spiro atoms. The summed E-state index contributed by atoms with van der Waals surface area (Å²) in [7, 11) is 0. The fourth-order valence-electron chi connectivity index (χ4n) is 2.27. The number of hydrogen-bond acceptors (Lipinski definition) is 3. The van der Waals surface area contributed by atoms with Crippen LogP contribution in [0.15, 0.2) is 24.3 Å². The lowest BCUT2D eigenvalue weighted by molar-refractivity contribution is -0.163. The Labute approximate surface area is 102 Å². The fraction of sp³-hybridized carbons (Fsp3) is 0.571. The molecule has 0 fully saturated rings. The highest BCUT2D eigenvalue weighted by Gasteiger charge is 2.25. The van der Waals surface area contributed by atoms with Crippen LogP contribution < -0.4 is 0 Å². The first-order valence-corrected chi connectivity index (χ1v) is 6.36. The molecule has 0 aromatic carbocycles. The number of rotatable bonds is 2. The van der Waals surface area contributed by atoms with E-state index in [1.54, 1.807) is 0 Å². The molecule has 0 N–H and O–H groups in total. The summed E-state index contributed by atoms with van der Waals surface area (Å²) in [4.78, 5) is 23.5. The predicted molar refractivity (Wildman–Crippen MR) is 64.1 cm³/mol. The van der Waals surface area contributed by atoms with Gasteiger partial charge in [-0.3, -0.25) is 9.59 Å². The summed E-state index contributed by atoms with van der Waals surface area (Å²) in [5, 5.41) is 0. The molecule has 0 saturated heterocycles. The average molecular weight is 234 g/mol. The maximum absolute atomic E-state index is 11.7. The molecular weight excluding hydrogens is 216 g/mol. The molecular formula is C14H18O3. The molecule has 0 radical (unpaired) electrons. The molecule has 0 bridgehead atoms. The highest BCUT2D eigenvalue weighted by molar-refractivity contribution is 5.89. The summed E-state index contributed by atoms with van der Waals surface area (Å²) in [6.07, 6.45) is 13.3. The molecule has 2 aliphatic carbocycles. The van der Waals surface area contributed by atoms with E-state index in [4.69, 9.17) is 4.74 Å². The van der Waals surface area contributed by atoms with Gasteiger partial charge in [-0.05, 0) is 38.5 Å². The van der Waals surface area contributed by atoms with Gasteiger partial charge < -0.3 is 4.74 Å². The first-order chi connectivity index (χ1) is 8.27. The second-order valence-electron chi connectivity index (χ2n) is 4.67. The van der Waals surface area contributed by atoms with Gasteiger partial charge >= 0.3 is 11.9 Å². The SMILES string of the molecule is O=C(OC(=O)C1C=CCCC1)C1C=CCCC1. The van der Waals surface area contributed by atoms with Gasteiger partial charge in [0, 0.05) is 0 Å². The number of esters is 2. The quantitative estimate of drug-likeness (QED) is 0.419. The first kappa shape index (κ1) is 12.1. The van der Waals surface area contributed by atoms with E-state index < -0.39 is 0 Å². The van der Waals surface area contributed by atoms with E-state index in [2.05, 4.69) is 0 Å². The Kier molecular flexibility index (Phi) is 4.13. The molecule has 2 rings (SSSR count). The topological polar surface area (TPSA) is 43.4 Å². The molecule has 3 nitrogen and oxygen atoms in total. The molecule has 3 heteroatoms. The summed E-state index contributed by atoms with van der Waals surface area (Å²) in [5.41, 5.74) is 0. The Balaban J connectivity index is 1.87. The molecule has 0 heterocycles. The minimum atomic E-state index is -0.384. The third kappa shape index (κ3) is 3.29. The van der Waals surface area contributed by atoms with Gasteiger partial charge in [-0.1, -0.05) is 24.3 Å². The minimum absolute atomic E-state index is 0.222. The van der Waals surface area contributed by atoms with E-state index in [9.17, 15) is 9.59 Å². The van der Waals surface area contributed by atoms with Gasteiger partial charge in [-0.2, -0.15) is 0 Å². The molecule has 2 aliphatic rings. The number of carbonyl (C=O) groups excluding carboxylic acids is 2. The van der Waals surface area contributed by atoms with Crippen LogP contribution in [-0.4, -0.2) is 11.9 Å². The molecule has 92 valence electrons. The lowest BCUT2D eigenvalue weighted by Gasteiger charge is -2.17. The van der Waals surface area contributed by atoms with Gasteiger partial charge in [0.1, 0.15) is 0 Å². The van der Waals surface area contributed by atoms with Crippen LogP contribution in [0.5, 0.6) is 0 Å². The van der Waals surface area contributed by atoms with Crippen molar-refractivity contribution in [1.82, 2.24) is 0 Å². The van der Waals surface area contributed by atoms with Crippen molar-refractivity contribution in [3.05, 3.63) is 24.3 Å². The summed E-state index contributed by atoms with van der Waals surface area (Å²) in [5.74, 6) is -1.21. The molecule has 0 aromatic heterocycles. The van der Waals surface area contributed by atoms with E-state index in [0.29, 0.717) is 0 Å². The van der Waals surface area contributed by atoms with E-state index in [-0.39, 0.29) is 23.8 Å². The van der Waals surface area contributed by atoms with Crippen LogP contribution in [0.4, 0.5) is 0 Å². The van der Waals surface area contributed by atoms with Crippen molar-refractivity contribution in [2.24, 2.45) is 11.8 Å². The second-order valence-corrected chi connectivity index (χ2v) is 4.67. The zero-order valence-corrected chi connectivity index (χ0v) is 9.93. The number of hydrogen-bond donors (Lipinski definition) is 0. The summed E-state index contributed by atoms with van der Waals surface area (Å²) >= 11 is 0. The largest absolute Gasteiger partial charge is 0.392 e. The minimum Gasteiger partial charge on any atom is -0.392 e. The molecule has 17 heavy (non-hydrogen) atoms. The zero-order chi connectivity index (χ0) is 12.1. The number of carbonyl (C=O) groups is 2. The lowest BCUT2D eigenvalue weighted by Crippen LogP contribution is -2.25. The Morgan fingerprint density at radius 3 is 1.71 bits per heavy atom. The standard InChI is InChI=1S/C14H18O3/c15-13(11-7-3-1-4-8-11)17-14(16)12-9-5-2-6-10-12/h3,5,7,9,11-12H,1-2,4,6,8,10H2. The Morgan fingerprint density at radius 1 is 0.882 bits per heavy atom. The van der Waals surface area contributed by atoms with Crippen molar-refractivity contribution in [2.75, 3.05) is 0 Å². The van der Waals surface area contributed by atoms with Crippen LogP contribution in [-0.2, 0) is 14.3 Å². The van der Waals surface area contributed by atoms with Crippen molar-refractivity contribution >= 4 is 11.9 Å². The Bertz CT molecular complexity index is 320. The molecule has 0 aromatic rings. The van der Waals surface area contributed by atoms with E-state index in [0.717, 1.165) is 38.5 Å². The monoisotopic (exact) mass is 234 g/mol. The summed E-state index contributed by atoms with van der Waals surface area (Å²) in [6, 6.07) is 0. The smallest absolute Gasteiger partial charge is 0.320 e.